The zero-order valence-electron chi connectivity index (χ0n) is 74.2. The van der Waals surface area contributed by atoms with E-state index >= 15 is 0 Å². The van der Waals surface area contributed by atoms with Crippen LogP contribution in [-0.4, -0.2) is 109 Å². The average molecular weight is 1800 g/mol. The van der Waals surface area contributed by atoms with Gasteiger partial charge in [-0.05, 0) is 200 Å². The molecule has 0 aliphatic carbocycles. The van der Waals surface area contributed by atoms with E-state index in [9.17, 15) is 23.6 Å². The molecular weight excluding hydrogens is 1690 g/mol. The molecular formula is C98H111Cl4FN16O8. The summed E-state index contributed by atoms with van der Waals surface area (Å²) in [7, 11) is 7.75. The minimum Gasteiger partial charge on any atom is -0.370 e. The smallest absolute Gasteiger partial charge is 0.322 e. The van der Waals surface area contributed by atoms with Crippen LogP contribution in [0.25, 0.3) is 0 Å². The molecule has 0 radical (unpaired) electrons. The highest BCUT2D eigenvalue weighted by Gasteiger charge is 2.32. The molecule has 8 aromatic carbocycles. The van der Waals surface area contributed by atoms with Crippen molar-refractivity contribution < 1.29 is 42.5 Å². The van der Waals surface area contributed by atoms with E-state index in [4.69, 9.17) is 65.4 Å². The van der Waals surface area contributed by atoms with Gasteiger partial charge in [-0.15, -0.1) is 0 Å². The maximum atomic E-state index is 13.3. The van der Waals surface area contributed by atoms with E-state index in [2.05, 4.69) is 62.4 Å². The monoisotopic (exact) mass is 1800 g/mol. The SMILES string of the molecule is CCc1ccc(NC(=O)N2CCc3c(c(COCc4ccc(C)cc4Cl)nn3C)C2)cc1.CCc1ccc(NC(=O)N2CCc3c(c(COCc4ccc(C)cc4Cl)nn3C)C2)cc1.Cc1ccc(COCc2nn(C)c3c2CN(C(=O)Nc2ccc(C)c(C)c2)CC3)c(Cl)c1.Cc1ccc(NC(=O)N2CCc3c(c(COCc4cccc(F)c4)nn3C)C2)cc1Cl. The van der Waals surface area contributed by atoms with Crippen LogP contribution < -0.4 is 21.3 Å². The first-order valence-corrected chi connectivity index (χ1v) is 44.3. The van der Waals surface area contributed by atoms with Crippen LogP contribution in [-0.2, 0) is 165 Å². The van der Waals surface area contributed by atoms with E-state index < -0.39 is 0 Å². The summed E-state index contributed by atoms with van der Waals surface area (Å²) >= 11 is 25.1. The van der Waals surface area contributed by atoms with E-state index in [1.165, 1.54) is 28.8 Å². The van der Waals surface area contributed by atoms with Gasteiger partial charge in [-0.25, -0.2) is 23.6 Å². The third kappa shape index (κ3) is 24.5. The molecule has 0 saturated heterocycles. The highest BCUT2D eigenvalue weighted by atomic mass is 35.5. The Bertz CT molecular complexity index is 5730. The zero-order chi connectivity index (χ0) is 90.1. The zero-order valence-corrected chi connectivity index (χ0v) is 77.2. The van der Waals surface area contributed by atoms with Crippen molar-refractivity contribution in [3.05, 3.63) is 324 Å². The van der Waals surface area contributed by atoms with E-state index in [1.807, 2.05) is 236 Å². The van der Waals surface area contributed by atoms with Gasteiger partial charge in [0.25, 0.3) is 0 Å². The summed E-state index contributed by atoms with van der Waals surface area (Å²) in [6.07, 6.45) is 4.97. The third-order valence-electron chi connectivity index (χ3n) is 23.4. The van der Waals surface area contributed by atoms with Gasteiger partial charge in [-0.3, -0.25) is 18.7 Å². The number of amides is 8. The Morgan fingerprint density at radius 1 is 0.339 bits per heavy atom. The van der Waals surface area contributed by atoms with Gasteiger partial charge >= 0.3 is 24.1 Å². The van der Waals surface area contributed by atoms with Crippen LogP contribution >= 0.6 is 46.4 Å². The predicted octanol–water partition coefficient (Wildman–Crippen LogP) is 20.6. The normalized spacial score (nSPS) is 13.2. The third-order valence-corrected chi connectivity index (χ3v) is 24.8. The number of benzene rings is 8. The lowest BCUT2D eigenvalue weighted by atomic mass is 10.1. The van der Waals surface area contributed by atoms with E-state index in [0.29, 0.717) is 137 Å². The van der Waals surface area contributed by atoms with Crippen LogP contribution in [0.3, 0.4) is 0 Å². The molecule has 12 aromatic rings. The fourth-order valence-electron chi connectivity index (χ4n) is 15.8. The number of nitrogens with one attached hydrogen (secondary N) is 4. The quantitative estimate of drug-likeness (QED) is 0.0496. The minimum atomic E-state index is -0.284. The average Bonchev–Trinajstić information content (AvgIpc) is 1.67. The molecule has 8 amide bonds. The number of aryl methyl sites for hydroxylation is 12. The Kier molecular flexibility index (Phi) is 31.9. The van der Waals surface area contributed by atoms with E-state index in [-0.39, 0.29) is 29.9 Å². The van der Waals surface area contributed by atoms with E-state index in [1.54, 1.807) is 17.0 Å². The second-order valence-corrected chi connectivity index (χ2v) is 34.3. The maximum absolute atomic E-state index is 13.3. The number of aromatic nitrogens is 8. The lowest BCUT2D eigenvalue weighted by Crippen LogP contribution is -2.39. The van der Waals surface area contributed by atoms with Gasteiger partial charge < -0.3 is 59.8 Å². The maximum Gasteiger partial charge on any atom is 0.322 e. The fraction of sp³-hybridized carbons (Fsp3) is 0.347. The first-order valence-electron chi connectivity index (χ1n) is 42.8. The molecule has 0 unspecified atom stereocenters. The van der Waals surface area contributed by atoms with Crippen molar-refractivity contribution in [2.24, 2.45) is 28.2 Å². The van der Waals surface area contributed by atoms with Crippen molar-refractivity contribution in [2.75, 3.05) is 47.4 Å². The molecule has 16 rings (SSSR count). The summed E-state index contributed by atoms with van der Waals surface area (Å²) < 4.78 is 44.5. The van der Waals surface area contributed by atoms with Gasteiger partial charge in [0.05, 0.1) is 102 Å². The predicted molar refractivity (Wildman–Crippen MR) is 498 cm³/mol. The lowest BCUT2D eigenvalue weighted by molar-refractivity contribution is 0.103. The number of halogens is 5. The second kappa shape index (κ2) is 43.4. The van der Waals surface area contributed by atoms with Crippen molar-refractivity contribution in [2.45, 2.75) is 173 Å². The number of carbonyl (C=O) groups is 4. The first kappa shape index (κ1) is 93.3. The number of rotatable bonds is 22. The molecule has 0 fully saturated rings. The van der Waals surface area contributed by atoms with Crippen molar-refractivity contribution in [3.63, 3.8) is 0 Å². The van der Waals surface area contributed by atoms with Gasteiger partial charge in [0, 0.05) is 168 Å². The lowest BCUT2D eigenvalue weighted by Gasteiger charge is -2.28. The Hall–Kier alpha value is -11.4. The number of anilines is 4. The van der Waals surface area contributed by atoms with Crippen molar-refractivity contribution in [1.82, 2.24) is 58.7 Å². The van der Waals surface area contributed by atoms with Crippen LogP contribution in [0.1, 0.15) is 148 Å². The summed E-state index contributed by atoms with van der Waals surface area (Å²) in [5.41, 5.74) is 28.1. The molecule has 4 aliphatic heterocycles. The molecule has 666 valence electrons. The van der Waals surface area contributed by atoms with Crippen LogP contribution in [0.15, 0.2) is 164 Å². The standard InChI is InChI=1S/3C25H29ClN4O2.C23H24ClFN4O2/c1-16-5-7-19(22(26)11-16)14-32-15-23-21-13-30(10-9-24(21)29(4)28-23)25(31)27-20-8-6-17(2)18(3)12-20;2*1-4-18-6-9-20(10-7-18)27-25(31)30-12-11-24-21(14-30)23(28-29(24)3)16-32-15-19-8-5-17(2)13-22(19)26;1-15-6-7-18(11-20(15)24)26-23(30)29-9-8-22-19(12-29)21(27-28(22)2)14-31-13-16-4-3-5-17(25)10-16/h5-8,11-12H,9-10,13-15H2,1-4H3,(H,27,31);2*5-10,13H,4,11-12,14-16H2,1-3H3,(H,27,31);3-7,10-11H,8-9,12-14H2,1-2H3,(H,26,30). The Morgan fingerprint density at radius 2 is 0.654 bits per heavy atom. The van der Waals surface area contributed by atoms with Crippen molar-refractivity contribution in [1.29, 1.82) is 0 Å². The molecule has 24 nitrogen and oxygen atoms in total. The first-order chi connectivity index (χ1) is 61.1. The number of nitrogens with zero attached hydrogens (tertiary/aromatic N) is 12. The van der Waals surface area contributed by atoms with Crippen LogP contribution in [0, 0.1) is 47.4 Å². The number of hydrogen-bond donors (Lipinski definition) is 4. The molecule has 0 spiro atoms. The summed E-state index contributed by atoms with van der Waals surface area (Å²) in [4.78, 5) is 58.7. The fourth-order valence-corrected chi connectivity index (χ4v) is 16.8. The number of ether oxygens (including phenoxy) is 4. The summed E-state index contributed by atoms with van der Waals surface area (Å²) in [5, 5.41) is 33.3. The molecule has 0 atom stereocenters. The molecule has 127 heavy (non-hydrogen) atoms. The van der Waals surface area contributed by atoms with E-state index in [0.717, 1.165) is 167 Å². The molecule has 4 N–H and O–H groups in total. The molecule has 8 heterocycles. The van der Waals surface area contributed by atoms with Crippen LogP contribution in [0.5, 0.6) is 0 Å². The minimum absolute atomic E-state index is 0.0953. The Morgan fingerprint density at radius 3 is 0.969 bits per heavy atom. The topological polar surface area (TPSA) is 238 Å². The summed E-state index contributed by atoms with van der Waals surface area (Å²) in [6.45, 7) is 23.8. The molecule has 0 bridgehead atoms. The summed E-state index contributed by atoms with van der Waals surface area (Å²) in [5.74, 6) is -0.284. The largest absolute Gasteiger partial charge is 0.370 e. The van der Waals surface area contributed by atoms with Gasteiger partial charge in [-0.2, -0.15) is 20.4 Å². The number of urea groups is 4. The molecule has 4 aromatic heterocycles. The number of carbonyl (C=O) groups excluding carboxylic acids is 4. The number of hydrogen-bond acceptors (Lipinski definition) is 12. The molecule has 0 saturated carbocycles. The Labute approximate surface area is 762 Å². The second-order valence-electron chi connectivity index (χ2n) is 32.6. The number of fused-ring (bicyclic) bond motifs is 4. The van der Waals surface area contributed by atoms with Gasteiger partial charge in [0.2, 0.25) is 0 Å². The van der Waals surface area contributed by atoms with Crippen LogP contribution in [0.2, 0.25) is 20.1 Å². The molecule has 4 aliphatic rings. The highest BCUT2D eigenvalue weighted by Crippen LogP contribution is 2.32. The van der Waals surface area contributed by atoms with Crippen molar-refractivity contribution >= 4 is 93.3 Å². The van der Waals surface area contributed by atoms with Crippen LogP contribution in [0.4, 0.5) is 46.3 Å². The van der Waals surface area contributed by atoms with Crippen molar-refractivity contribution in [3.8, 4) is 0 Å². The Balaban J connectivity index is 0.000000145. The summed E-state index contributed by atoms with van der Waals surface area (Å²) in [6, 6.07) is 51.1. The molecule has 29 heteroatoms. The van der Waals surface area contributed by atoms with Gasteiger partial charge in [0.15, 0.2) is 0 Å². The van der Waals surface area contributed by atoms with Gasteiger partial charge in [-0.1, -0.05) is 145 Å². The van der Waals surface area contributed by atoms with Gasteiger partial charge in [0.1, 0.15) is 5.82 Å². The highest BCUT2D eigenvalue weighted by molar-refractivity contribution is 6.32.